The first-order valence-electron chi connectivity index (χ1n) is 9.80. The molecule has 0 saturated heterocycles. The first-order valence-corrected chi connectivity index (χ1v) is 10.2. The number of hydrogen-bond donors (Lipinski definition) is 2. The predicted octanol–water partition coefficient (Wildman–Crippen LogP) is 4.01. The van der Waals surface area contributed by atoms with Gasteiger partial charge in [0, 0.05) is 22.7 Å². The van der Waals surface area contributed by atoms with E-state index in [2.05, 4.69) is 5.32 Å². The topological polar surface area (TPSA) is 84.9 Å². The van der Waals surface area contributed by atoms with Crippen molar-refractivity contribution in [2.45, 2.75) is 32.0 Å². The van der Waals surface area contributed by atoms with Gasteiger partial charge in [0.1, 0.15) is 12.4 Å². The SMILES string of the molecule is O=C(OCc1cccc(Cl)c1)/C1=C\CCO[C@H](CNC(=O)c2ccc(O)cc2)CC1. The molecular weight excluding hydrogens is 406 g/mol. The molecule has 2 N–H and O–H groups in total. The summed E-state index contributed by atoms with van der Waals surface area (Å²) in [6, 6.07) is 13.2. The lowest BCUT2D eigenvalue weighted by Gasteiger charge is -2.21. The van der Waals surface area contributed by atoms with Crippen LogP contribution in [0.1, 0.15) is 35.2 Å². The number of phenolic OH excluding ortho intramolecular Hbond substituents is 1. The number of aromatic hydroxyl groups is 1. The second-order valence-electron chi connectivity index (χ2n) is 7.01. The van der Waals surface area contributed by atoms with Crippen LogP contribution in [0.2, 0.25) is 5.02 Å². The molecule has 0 radical (unpaired) electrons. The summed E-state index contributed by atoms with van der Waals surface area (Å²) in [5.74, 6) is -0.474. The predicted molar refractivity (Wildman–Crippen MR) is 113 cm³/mol. The van der Waals surface area contributed by atoms with Crippen LogP contribution in [0.3, 0.4) is 0 Å². The molecule has 30 heavy (non-hydrogen) atoms. The molecule has 2 aromatic carbocycles. The van der Waals surface area contributed by atoms with E-state index in [9.17, 15) is 14.7 Å². The minimum atomic E-state index is -0.344. The molecule has 2 aromatic rings. The Kier molecular flexibility index (Phi) is 7.88. The van der Waals surface area contributed by atoms with Crippen molar-refractivity contribution >= 4 is 23.5 Å². The molecule has 1 atom stereocenters. The zero-order valence-corrected chi connectivity index (χ0v) is 17.2. The highest BCUT2D eigenvalue weighted by molar-refractivity contribution is 6.30. The monoisotopic (exact) mass is 429 g/mol. The molecule has 1 aliphatic rings. The average Bonchev–Trinajstić information content (AvgIpc) is 2.72. The average molecular weight is 430 g/mol. The highest BCUT2D eigenvalue weighted by atomic mass is 35.5. The number of hydrogen-bond acceptors (Lipinski definition) is 5. The highest BCUT2D eigenvalue weighted by Gasteiger charge is 2.19. The maximum Gasteiger partial charge on any atom is 0.334 e. The lowest BCUT2D eigenvalue weighted by Crippen LogP contribution is -2.34. The molecule has 0 aliphatic carbocycles. The van der Waals surface area contributed by atoms with E-state index >= 15 is 0 Å². The minimum absolute atomic E-state index is 0.108. The Bertz CT molecular complexity index is 910. The van der Waals surface area contributed by atoms with E-state index in [-0.39, 0.29) is 30.3 Å². The van der Waals surface area contributed by atoms with E-state index in [1.165, 1.54) is 12.1 Å². The van der Waals surface area contributed by atoms with Crippen molar-refractivity contribution in [2.24, 2.45) is 0 Å². The van der Waals surface area contributed by atoms with Gasteiger partial charge in [-0.15, -0.1) is 0 Å². The molecule has 158 valence electrons. The number of amides is 1. The van der Waals surface area contributed by atoms with Crippen molar-refractivity contribution in [1.82, 2.24) is 5.32 Å². The summed E-state index contributed by atoms with van der Waals surface area (Å²) < 4.78 is 11.2. The Morgan fingerprint density at radius 2 is 2.00 bits per heavy atom. The zero-order valence-electron chi connectivity index (χ0n) is 16.5. The third-order valence-electron chi connectivity index (χ3n) is 4.74. The Hall–Kier alpha value is -2.83. The van der Waals surface area contributed by atoms with E-state index < -0.39 is 0 Å². The Morgan fingerprint density at radius 1 is 1.20 bits per heavy atom. The lowest BCUT2D eigenvalue weighted by atomic mass is 10.0. The van der Waals surface area contributed by atoms with Crippen LogP contribution in [-0.2, 0) is 20.9 Å². The third-order valence-corrected chi connectivity index (χ3v) is 4.97. The van der Waals surface area contributed by atoms with E-state index in [1.54, 1.807) is 24.3 Å². The van der Waals surface area contributed by atoms with Crippen LogP contribution in [0, 0.1) is 0 Å². The molecule has 0 aromatic heterocycles. The Balaban J connectivity index is 1.48. The molecular formula is C23H24ClNO5. The maximum absolute atomic E-state index is 12.5. The summed E-state index contributed by atoms with van der Waals surface area (Å²) in [5.41, 5.74) is 1.92. The van der Waals surface area contributed by atoms with Crippen LogP contribution < -0.4 is 5.32 Å². The fourth-order valence-corrected chi connectivity index (χ4v) is 3.32. The minimum Gasteiger partial charge on any atom is -0.508 e. The Morgan fingerprint density at radius 3 is 2.77 bits per heavy atom. The van der Waals surface area contributed by atoms with Gasteiger partial charge in [0.15, 0.2) is 0 Å². The van der Waals surface area contributed by atoms with Gasteiger partial charge in [-0.1, -0.05) is 29.8 Å². The molecule has 1 aliphatic heterocycles. The third kappa shape index (κ3) is 6.61. The van der Waals surface area contributed by atoms with E-state index in [1.807, 2.05) is 18.2 Å². The molecule has 6 nitrogen and oxygen atoms in total. The summed E-state index contributed by atoms with van der Waals surface area (Å²) in [7, 11) is 0. The second kappa shape index (κ2) is 10.8. The summed E-state index contributed by atoms with van der Waals surface area (Å²) in [5, 5.41) is 12.8. The Labute approximate surface area is 180 Å². The number of nitrogens with one attached hydrogen (secondary N) is 1. The molecule has 3 rings (SSSR count). The van der Waals surface area contributed by atoms with E-state index in [4.69, 9.17) is 21.1 Å². The van der Waals surface area contributed by atoms with Gasteiger partial charge >= 0.3 is 5.97 Å². The number of phenols is 1. The van der Waals surface area contributed by atoms with Gasteiger partial charge in [-0.25, -0.2) is 4.79 Å². The first kappa shape index (κ1) is 21.9. The zero-order chi connectivity index (χ0) is 21.3. The molecule has 0 fully saturated rings. The fourth-order valence-electron chi connectivity index (χ4n) is 3.11. The number of esters is 1. The standard InChI is InChI=1S/C23H24ClNO5/c24-19-5-1-3-16(13-19)15-30-23(28)18-4-2-12-29-21(11-8-18)14-25-22(27)17-6-9-20(26)10-7-17/h1,3-7,9-10,13,21,26H,2,8,11-12,14-15H2,(H,25,27)/b18-4-/t21-/m0/s1. The van der Waals surface area contributed by atoms with Crippen molar-refractivity contribution in [3.63, 3.8) is 0 Å². The van der Waals surface area contributed by atoms with Gasteiger partial charge in [-0.2, -0.15) is 0 Å². The van der Waals surface area contributed by atoms with Crippen LogP contribution >= 0.6 is 11.6 Å². The smallest absolute Gasteiger partial charge is 0.334 e. The largest absolute Gasteiger partial charge is 0.508 e. The number of rotatable bonds is 6. The molecule has 1 heterocycles. The van der Waals surface area contributed by atoms with Crippen molar-refractivity contribution in [3.8, 4) is 5.75 Å². The summed E-state index contributed by atoms with van der Waals surface area (Å²) >= 11 is 5.96. The van der Waals surface area contributed by atoms with Gasteiger partial charge in [0.2, 0.25) is 0 Å². The molecule has 0 spiro atoms. The molecule has 0 bridgehead atoms. The second-order valence-corrected chi connectivity index (χ2v) is 7.45. The number of carbonyl (C=O) groups excluding carboxylic acids is 2. The molecule has 0 unspecified atom stereocenters. The van der Waals surface area contributed by atoms with E-state index in [0.29, 0.717) is 48.6 Å². The quantitative estimate of drug-likeness (QED) is 0.677. The van der Waals surface area contributed by atoms with Crippen molar-refractivity contribution < 1.29 is 24.2 Å². The number of benzene rings is 2. The highest BCUT2D eigenvalue weighted by Crippen LogP contribution is 2.18. The summed E-state index contributed by atoms with van der Waals surface area (Å²) in [6.45, 7) is 0.967. The van der Waals surface area contributed by atoms with Crippen LogP contribution in [0.15, 0.2) is 60.2 Å². The molecule has 0 saturated carbocycles. The molecule has 7 heteroatoms. The van der Waals surface area contributed by atoms with Crippen LogP contribution in [-0.4, -0.2) is 36.2 Å². The first-order chi connectivity index (χ1) is 14.5. The van der Waals surface area contributed by atoms with Crippen LogP contribution in [0.5, 0.6) is 5.75 Å². The number of ether oxygens (including phenoxy) is 2. The fraction of sp³-hybridized carbons (Fsp3) is 0.304. The summed E-state index contributed by atoms with van der Waals surface area (Å²) in [6.07, 6.45) is 3.35. The number of halogens is 1. The van der Waals surface area contributed by atoms with Crippen LogP contribution in [0.25, 0.3) is 0 Å². The van der Waals surface area contributed by atoms with Crippen molar-refractivity contribution in [3.05, 3.63) is 76.3 Å². The summed E-state index contributed by atoms with van der Waals surface area (Å²) in [4.78, 5) is 24.7. The normalized spacial score (nSPS) is 18.4. The van der Waals surface area contributed by atoms with Gasteiger partial charge < -0.3 is 19.9 Å². The maximum atomic E-state index is 12.5. The lowest BCUT2D eigenvalue weighted by molar-refractivity contribution is -0.140. The van der Waals surface area contributed by atoms with Gasteiger partial charge in [-0.05, 0) is 61.2 Å². The molecule has 1 amide bonds. The van der Waals surface area contributed by atoms with Gasteiger partial charge in [0.05, 0.1) is 12.7 Å². The van der Waals surface area contributed by atoms with Crippen LogP contribution in [0.4, 0.5) is 0 Å². The van der Waals surface area contributed by atoms with Gasteiger partial charge in [-0.3, -0.25) is 4.79 Å². The van der Waals surface area contributed by atoms with Crippen molar-refractivity contribution in [1.29, 1.82) is 0 Å². The van der Waals surface area contributed by atoms with E-state index in [0.717, 1.165) is 5.56 Å². The van der Waals surface area contributed by atoms with Crippen molar-refractivity contribution in [2.75, 3.05) is 13.2 Å². The number of carbonyl (C=O) groups is 2. The van der Waals surface area contributed by atoms with Gasteiger partial charge in [0.25, 0.3) is 5.91 Å².